The normalized spacial score (nSPS) is 12.0. The first-order chi connectivity index (χ1) is 10.3. The molecule has 0 aliphatic heterocycles. The van der Waals surface area contributed by atoms with E-state index >= 15 is 0 Å². The van der Waals surface area contributed by atoms with E-state index < -0.39 is 10.8 Å². The Morgan fingerprint density at radius 3 is 2.68 bits per heavy atom. The lowest BCUT2D eigenvalue weighted by molar-refractivity contribution is -0.385. The second-order valence-electron chi connectivity index (χ2n) is 4.80. The molecule has 1 heterocycles. The predicted molar refractivity (Wildman–Crippen MR) is 85.6 cm³/mol. The molecule has 22 heavy (non-hydrogen) atoms. The number of halogens is 1. The van der Waals surface area contributed by atoms with E-state index in [0.29, 0.717) is 0 Å². The molecule has 2 rings (SSSR count). The van der Waals surface area contributed by atoms with Crippen LogP contribution in [0.25, 0.3) is 0 Å². The van der Waals surface area contributed by atoms with Crippen molar-refractivity contribution < 1.29 is 9.72 Å². The van der Waals surface area contributed by atoms with E-state index in [-0.39, 0.29) is 22.3 Å². The van der Waals surface area contributed by atoms with E-state index in [2.05, 4.69) is 10.3 Å². The van der Waals surface area contributed by atoms with Crippen LogP contribution >= 0.6 is 22.9 Å². The van der Waals surface area contributed by atoms with Gasteiger partial charge in [-0.1, -0.05) is 11.6 Å². The van der Waals surface area contributed by atoms with Crippen LogP contribution in [0.3, 0.4) is 0 Å². The molecular weight excluding hydrogens is 326 g/mol. The molecule has 1 aromatic carbocycles. The minimum Gasteiger partial charge on any atom is -0.344 e. The van der Waals surface area contributed by atoms with Gasteiger partial charge in [-0.05, 0) is 32.9 Å². The number of benzene rings is 1. The maximum Gasteiger partial charge on any atom is 0.283 e. The number of aromatic nitrogens is 1. The fraction of sp³-hybridized carbons (Fsp3) is 0.286. The van der Waals surface area contributed by atoms with Gasteiger partial charge in [0.2, 0.25) is 0 Å². The molecule has 1 atom stereocenters. The van der Waals surface area contributed by atoms with E-state index in [0.717, 1.165) is 15.6 Å². The molecule has 0 saturated carbocycles. The lowest BCUT2D eigenvalue weighted by Crippen LogP contribution is -2.27. The number of nitrogens with one attached hydrogen (secondary N) is 1. The quantitative estimate of drug-likeness (QED) is 0.678. The van der Waals surface area contributed by atoms with Gasteiger partial charge in [0.25, 0.3) is 11.6 Å². The van der Waals surface area contributed by atoms with E-state index in [1.807, 2.05) is 20.8 Å². The van der Waals surface area contributed by atoms with E-state index in [9.17, 15) is 14.9 Å². The number of carbonyl (C=O) groups excluding carboxylic acids is 1. The molecule has 1 N–H and O–H groups in total. The van der Waals surface area contributed by atoms with Crippen LogP contribution in [0.15, 0.2) is 18.2 Å². The number of nitro benzene ring substituents is 1. The van der Waals surface area contributed by atoms with Crippen LogP contribution in [0.4, 0.5) is 5.69 Å². The van der Waals surface area contributed by atoms with Crippen LogP contribution < -0.4 is 5.32 Å². The summed E-state index contributed by atoms with van der Waals surface area (Å²) in [5, 5.41) is 14.9. The zero-order chi connectivity index (χ0) is 16.4. The number of nitro groups is 1. The lowest BCUT2D eigenvalue weighted by atomic mass is 10.1. The van der Waals surface area contributed by atoms with E-state index in [4.69, 9.17) is 11.6 Å². The highest BCUT2D eigenvalue weighted by Gasteiger charge is 2.23. The summed E-state index contributed by atoms with van der Waals surface area (Å²) >= 11 is 7.24. The molecule has 1 aromatic heterocycles. The number of carbonyl (C=O) groups is 1. The summed E-state index contributed by atoms with van der Waals surface area (Å²) in [6.45, 7) is 5.57. The van der Waals surface area contributed by atoms with Gasteiger partial charge in [0.1, 0.15) is 5.56 Å². The molecule has 0 radical (unpaired) electrons. The average Bonchev–Trinajstić information content (AvgIpc) is 2.77. The third-order valence-corrected chi connectivity index (χ3v) is 4.57. The smallest absolute Gasteiger partial charge is 0.283 e. The summed E-state index contributed by atoms with van der Waals surface area (Å²) in [6.07, 6.45) is 0. The Morgan fingerprint density at radius 2 is 2.14 bits per heavy atom. The molecule has 0 unspecified atom stereocenters. The highest BCUT2D eigenvalue weighted by molar-refractivity contribution is 7.11. The summed E-state index contributed by atoms with van der Waals surface area (Å²) < 4.78 is 0. The summed E-state index contributed by atoms with van der Waals surface area (Å²) in [7, 11) is 0. The van der Waals surface area contributed by atoms with Gasteiger partial charge in [-0.3, -0.25) is 14.9 Å². The number of thiazole rings is 1. The Morgan fingerprint density at radius 1 is 1.45 bits per heavy atom. The van der Waals surface area contributed by atoms with Crippen LogP contribution in [0.1, 0.15) is 38.9 Å². The van der Waals surface area contributed by atoms with Crippen molar-refractivity contribution in [3.8, 4) is 0 Å². The van der Waals surface area contributed by atoms with Gasteiger partial charge in [-0.2, -0.15) is 0 Å². The average molecular weight is 340 g/mol. The second-order valence-corrected chi connectivity index (χ2v) is 6.47. The van der Waals surface area contributed by atoms with Gasteiger partial charge < -0.3 is 5.32 Å². The summed E-state index contributed by atoms with van der Waals surface area (Å²) in [6, 6.07) is 3.70. The zero-order valence-corrected chi connectivity index (χ0v) is 13.8. The molecule has 1 amide bonds. The zero-order valence-electron chi connectivity index (χ0n) is 12.2. The van der Waals surface area contributed by atoms with Crippen LogP contribution in [0, 0.1) is 24.0 Å². The van der Waals surface area contributed by atoms with Crippen molar-refractivity contribution in [2.75, 3.05) is 0 Å². The van der Waals surface area contributed by atoms with Crippen molar-refractivity contribution >= 4 is 34.5 Å². The minimum atomic E-state index is -0.618. The SMILES string of the molecule is Cc1nc(C)c([C@@H](C)NC(=O)c2ccc(Cl)cc2[N+](=O)[O-])s1. The van der Waals surface area contributed by atoms with Gasteiger partial charge in [0, 0.05) is 16.0 Å². The summed E-state index contributed by atoms with van der Waals surface area (Å²) in [5.74, 6) is -0.513. The molecule has 6 nitrogen and oxygen atoms in total. The largest absolute Gasteiger partial charge is 0.344 e. The Labute approximate surface area is 136 Å². The predicted octanol–water partition coefficient (Wildman–Crippen LogP) is 3.81. The summed E-state index contributed by atoms with van der Waals surface area (Å²) in [5.41, 5.74) is 0.524. The minimum absolute atomic E-state index is 0.0138. The van der Waals surface area contributed by atoms with Crippen LogP contribution in [0.5, 0.6) is 0 Å². The first-order valence-electron chi connectivity index (χ1n) is 6.48. The maximum atomic E-state index is 12.3. The Hall–Kier alpha value is -1.99. The molecule has 0 aliphatic rings. The Balaban J connectivity index is 2.26. The number of amides is 1. The van der Waals surface area contributed by atoms with Crippen molar-refractivity contribution in [3.63, 3.8) is 0 Å². The highest BCUT2D eigenvalue weighted by Crippen LogP contribution is 2.27. The molecule has 0 fully saturated rings. The highest BCUT2D eigenvalue weighted by atomic mass is 35.5. The molecule has 0 saturated heterocycles. The van der Waals surface area contributed by atoms with Crippen molar-refractivity contribution in [2.24, 2.45) is 0 Å². The number of aryl methyl sites for hydroxylation is 2. The maximum absolute atomic E-state index is 12.3. The molecule has 0 aliphatic carbocycles. The fourth-order valence-electron chi connectivity index (χ4n) is 2.14. The van der Waals surface area contributed by atoms with Crippen LogP contribution in [-0.2, 0) is 0 Å². The third kappa shape index (κ3) is 3.42. The van der Waals surface area contributed by atoms with Crippen LogP contribution in [-0.4, -0.2) is 15.8 Å². The molecule has 0 spiro atoms. The molecule has 2 aromatic rings. The monoisotopic (exact) mass is 339 g/mol. The lowest BCUT2D eigenvalue weighted by Gasteiger charge is -2.13. The summed E-state index contributed by atoms with van der Waals surface area (Å²) in [4.78, 5) is 28.0. The van der Waals surface area contributed by atoms with E-state index in [1.165, 1.54) is 29.5 Å². The standard InChI is InChI=1S/C14H14ClN3O3S/c1-7-13(22-9(3)16-7)8(2)17-14(19)11-5-4-10(15)6-12(11)18(20)21/h4-6,8H,1-3H3,(H,17,19)/t8-/m1/s1. The number of rotatable bonds is 4. The number of hydrogen-bond donors (Lipinski definition) is 1. The molecule has 8 heteroatoms. The fourth-order valence-corrected chi connectivity index (χ4v) is 3.23. The number of hydrogen-bond acceptors (Lipinski definition) is 5. The third-order valence-electron chi connectivity index (χ3n) is 3.08. The molecule has 116 valence electrons. The second kappa shape index (κ2) is 6.41. The molecule has 0 bridgehead atoms. The van der Waals surface area contributed by atoms with E-state index in [1.54, 1.807) is 0 Å². The van der Waals surface area contributed by atoms with Gasteiger partial charge >= 0.3 is 0 Å². The Kier molecular flexibility index (Phi) is 4.77. The van der Waals surface area contributed by atoms with Crippen molar-refractivity contribution in [3.05, 3.63) is 54.5 Å². The van der Waals surface area contributed by atoms with Gasteiger partial charge in [0.05, 0.1) is 21.7 Å². The van der Waals surface area contributed by atoms with Gasteiger partial charge in [0.15, 0.2) is 0 Å². The van der Waals surface area contributed by atoms with Gasteiger partial charge in [-0.15, -0.1) is 11.3 Å². The first-order valence-corrected chi connectivity index (χ1v) is 7.67. The van der Waals surface area contributed by atoms with Gasteiger partial charge in [-0.25, -0.2) is 4.98 Å². The van der Waals surface area contributed by atoms with Crippen molar-refractivity contribution in [1.82, 2.24) is 10.3 Å². The Bertz CT molecular complexity index is 745. The first kappa shape index (κ1) is 16.4. The number of nitrogens with zero attached hydrogens (tertiary/aromatic N) is 2. The topological polar surface area (TPSA) is 85.1 Å². The van der Waals surface area contributed by atoms with Crippen LogP contribution in [0.2, 0.25) is 5.02 Å². The molecular formula is C14H14ClN3O3S. The van der Waals surface area contributed by atoms with Crippen molar-refractivity contribution in [1.29, 1.82) is 0 Å². The van der Waals surface area contributed by atoms with Crippen molar-refractivity contribution in [2.45, 2.75) is 26.8 Å².